The summed E-state index contributed by atoms with van der Waals surface area (Å²) < 4.78 is 5.23. The number of halogens is 1. The Morgan fingerprint density at radius 1 is 1.36 bits per heavy atom. The van der Waals surface area contributed by atoms with Gasteiger partial charge in [0.2, 0.25) is 0 Å². The van der Waals surface area contributed by atoms with Crippen LogP contribution in [0.2, 0.25) is 0 Å². The van der Waals surface area contributed by atoms with Crippen molar-refractivity contribution in [1.29, 1.82) is 0 Å². The number of hydrogen-bond donors (Lipinski definition) is 1. The number of rotatable bonds is 9. The van der Waals surface area contributed by atoms with Gasteiger partial charge in [-0.3, -0.25) is 0 Å². The van der Waals surface area contributed by atoms with E-state index >= 15 is 0 Å². The van der Waals surface area contributed by atoms with Gasteiger partial charge in [0.05, 0.1) is 0 Å². The molecule has 0 aromatic carbocycles. The smallest absolute Gasteiger partial charge is 0.0477 e. The maximum absolute atomic E-state index is 6.12. The van der Waals surface area contributed by atoms with Crippen LogP contribution >= 0.6 is 11.6 Å². The van der Waals surface area contributed by atoms with Crippen molar-refractivity contribution < 1.29 is 4.74 Å². The molecule has 86 valence electrons. The minimum absolute atomic E-state index is 0.266. The maximum atomic E-state index is 6.12. The van der Waals surface area contributed by atoms with E-state index < -0.39 is 0 Å². The van der Waals surface area contributed by atoms with E-state index in [4.69, 9.17) is 16.3 Å². The van der Waals surface area contributed by atoms with E-state index in [0.29, 0.717) is 5.92 Å². The Morgan fingerprint density at radius 2 is 2.07 bits per heavy atom. The first-order valence-corrected chi connectivity index (χ1v) is 6.03. The number of ether oxygens (including phenoxy) is 1. The Kier molecular flexibility index (Phi) is 9.90. The Morgan fingerprint density at radius 3 is 2.64 bits per heavy atom. The highest BCUT2D eigenvalue weighted by Gasteiger charge is 2.05. The fraction of sp³-hybridized carbons (Fsp3) is 1.00. The summed E-state index contributed by atoms with van der Waals surface area (Å²) in [6.45, 7) is 9.99. The predicted molar refractivity (Wildman–Crippen MR) is 63.1 cm³/mol. The fourth-order valence-electron chi connectivity index (χ4n) is 1.30. The molecule has 0 spiro atoms. The van der Waals surface area contributed by atoms with E-state index in [1.54, 1.807) is 0 Å². The SMILES string of the molecule is CCOCCCNCC(Cl)CC(C)C. The van der Waals surface area contributed by atoms with Gasteiger partial charge in [-0.05, 0) is 32.2 Å². The van der Waals surface area contributed by atoms with Gasteiger partial charge >= 0.3 is 0 Å². The number of alkyl halides is 1. The molecule has 1 atom stereocenters. The Bertz CT molecular complexity index is 120. The zero-order chi connectivity index (χ0) is 10.8. The Hall–Kier alpha value is 0.210. The van der Waals surface area contributed by atoms with Gasteiger partial charge in [-0.1, -0.05) is 13.8 Å². The molecule has 0 saturated carbocycles. The zero-order valence-electron chi connectivity index (χ0n) is 9.68. The molecule has 0 aliphatic rings. The summed E-state index contributed by atoms with van der Waals surface area (Å²) in [5.41, 5.74) is 0. The molecular formula is C11H24ClNO. The summed E-state index contributed by atoms with van der Waals surface area (Å²) in [5, 5.41) is 3.60. The first-order chi connectivity index (χ1) is 6.66. The average Bonchev–Trinajstić information content (AvgIpc) is 2.10. The second kappa shape index (κ2) is 9.75. The normalized spacial score (nSPS) is 13.5. The lowest BCUT2D eigenvalue weighted by atomic mass is 10.1. The van der Waals surface area contributed by atoms with Crippen LogP contribution in [0.3, 0.4) is 0 Å². The molecule has 0 radical (unpaired) electrons. The molecule has 0 heterocycles. The second-order valence-electron chi connectivity index (χ2n) is 3.98. The van der Waals surface area contributed by atoms with Crippen molar-refractivity contribution in [2.24, 2.45) is 5.92 Å². The molecule has 2 nitrogen and oxygen atoms in total. The number of hydrogen-bond acceptors (Lipinski definition) is 2. The van der Waals surface area contributed by atoms with E-state index in [-0.39, 0.29) is 5.38 Å². The third-order valence-electron chi connectivity index (χ3n) is 1.94. The molecule has 0 aromatic rings. The standard InChI is InChI=1S/C11H24ClNO/c1-4-14-7-5-6-13-9-11(12)8-10(2)3/h10-11,13H,4-9H2,1-3H3. The third kappa shape index (κ3) is 10.3. The highest BCUT2D eigenvalue weighted by Crippen LogP contribution is 2.09. The summed E-state index contributed by atoms with van der Waals surface area (Å²) in [7, 11) is 0. The summed E-state index contributed by atoms with van der Waals surface area (Å²) in [6.07, 6.45) is 2.15. The van der Waals surface area contributed by atoms with Gasteiger partial charge in [0.15, 0.2) is 0 Å². The van der Waals surface area contributed by atoms with Crippen LogP contribution in [0, 0.1) is 5.92 Å². The van der Waals surface area contributed by atoms with Gasteiger partial charge in [-0.25, -0.2) is 0 Å². The molecule has 0 aromatic heterocycles. The molecule has 0 amide bonds. The van der Waals surface area contributed by atoms with E-state index in [9.17, 15) is 0 Å². The minimum atomic E-state index is 0.266. The molecular weight excluding hydrogens is 198 g/mol. The van der Waals surface area contributed by atoms with Crippen LogP contribution in [-0.2, 0) is 4.74 Å². The minimum Gasteiger partial charge on any atom is -0.382 e. The van der Waals surface area contributed by atoms with Gasteiger partial charge in [-0.2, -0.15) is 0 Å². The van der Waals surface area contributed by atoms with E-state index in [0.717, 1.165) is 39.1 Å². The van der Waals surface area contributed by atoms with E-state index in [1.807, 2.05) is 6.92 Å². The van der Waals surface area contributed by atoms with E-state index in [2.05, 4.69) is 19.2 Å². The van der Waals surface area contributed by atoms with Gasteiger partial charge in [0, 0.05) is 25.1 Å². The predicted octanol–water partition coefficient (Wildman–Crippen LogP) is 2.66. The second-order valence-corrected chi connectivity index (χ2v) is 4.60. The van der Waals surface area contributed by atoms with Gasteiger partial charge < -0.3 is 10.1 Å². The molecule has 14 heavy (non-hydrogen) atoms. The van der Waals surface area contributed by atoms with Crippen molar-refractivity contribution in [3.05, 3.63) is 0 Å². The molecule has 0 rings (SSSR count). The maximum Gasteiger partial charge on any atom is 0.0477 e. The van der Waals surface area contributed by atoms with Crippen LogP contribution in [0.15, 0.2) is 0 Å². The summed E-state index contributed by atoms with van der Waals surface area (Å²) >= 11 is 6.12. The van der Waals surface area contributed by atoms with Crippen LogP contribution < -0.4 is 5.32 Å². The van der Waals surface area contributed by atoms with E-state index in [1.165, 1.54) is 0 Å². The summed E-state index contributed by atoms with van der Waals surface area (Å²) in [6, 6.07) is 0. The quantitative estimate of drug-likeness (QED) is 0.478. The van der Waals surface area contributed by atoms with Gasteiger partial charge in [0.1, 0.15) is 0 Å². The van der Waals surface area contributed by atoms with Crippen LogP contribution in [0.25, 0.3) is 0 Å². The van der Waals surface area contributed by atoms with Gasteiger partial charge in [0.25, 0.3) is 0 Å². The molecule has 1 unspecified atom stereocenters. The van der Waals surface area contributed by atoms with Crippen LogP contribution in [0.5, 0.6) is 0 Å². The summed E-state index contributed by atoms with van der Waals surface area (Å²) in [4.78, 5) is 0. The third-order valence-corrected chi connectivity index (χ3v) is 2.27. The first kappa shape index (κ1) is 14.2. The fourth-order valence-corrected chi connectivity index (χ4v) is 1.76. The molecule has 0 aliphatic carbocycles. The van der Waals surface area contributed by atoms with Crippen molar-refractivity contribution in [2.45, 2.75) is 39.0 Å². The lowest BCUT2D eigenvalue weighted by Gasteiger charge is -2.12. The average molecular weight is 222 g/mol. The lowest BCUT2D eigenvalue weighted by molar-refractivity contribution is 0.145. The molecule has 0 bridgehead atoms. The van der Waals surface area contributed by atoms with Crippen molar-refractivity contribution in [3.8, 4) is 0 Å². The summed E-state index contributed by atoms with van der Waals surface area (Å²) in [5.74, 6) is 0.683. The molecule has 0 saturated heterocycles. The van der Waals surface area contributed by atoms with Crippen LogP contribution in [0.4, 0.5) is 0 Å². The topological polar surface area (TPSA) is 21.3 Å². The Balaban J connectivity index is 3.10. The molecule has 3 heteroatoms. The highest BCUT2D eigenvalue weighted by molar-refractivity contribution is 6.20. The van der Waals surface area contributed by atoms with Crippen LogP contribution in [-0.4, -0.2) is 31.7 Å². The van der Waals surface area contributed by atoms with Crippen molar-refractivity contribution in [1.82, 2.24) is 5.32 Å². The molecule has 0 aliphatic heterocycles. The van der Waals surface area contributed by atoms with Crippen molar-refractivity contribution >= 4 is 11.6 Å². The molecule has 0 fully saturated rings. The monoisotopic (exact) mass is 221 g/mol. The first-order valence-electron chi connectivity index (χ1n) is 5.59. The Labute approximate surface area is 93.4 Å². The largest absolute Gasteiger partial charge is 0.382 e. The van der Waals surface area contributed by atoms with Crippen molar-refractivity contribution in [3.63, 3.8) is 0 Å². The van der Waals surface area contributed by atoms with Crippen LogP contribution in [0.1, 0.15) is 33.6 Å². The lowest BCUT2D eigenvalue weighted by Crippen LogP contribution is -2.25. The molecule has 1 N–H and O–H groups in total. The zero-order valence-corrected chi connectivity index (χ0v) is 10.4. The highest BCUT2D eigenvalue weighted by atomic mass is 35.5. The van der Waals surface area contributed by atoms with Crippen molar-refractivity contribution in [2.75, 3.05) is 26.3 Å². The number of nitrogens with one attached hydrogen (secondary N) is 1. The van der Waals surface area contributed by atoms with Gasteiger partial charge in [-0.15, -0.1) is 11.6 Å².